The maximum Gasteiger partial charge on any atom is 2.00 e. The molecule has 0 radical (unpaired) electrons. The molecule has 0 aliphatic carbocycles. The van der Waals surface area contributed by atoms with Crippen molar-refractivity contribution in [3.8, 4) is 0 Å². The van der Waals surface area contributed by atoms with Crippen LogP contribution in [-0.2, 0) is 0 Å². The second-order valence-electron chi connectivity index (χ2n) is 0.756. The summed E-state index contributed by atoms with van der Waals surface area (Å²) < 4.78 is 67.9. The normalized spacial score (nSPS) is 7.06. The molecule has 14 nitrogen and oxygen atoms in total. The van der Waals surface area contributed by atoms with Crippen LogP contribution in [0.15, 0.2) is 0 Å². The first kappa shape index (κ1) is 64.9. The maximum atomic E-state index is 8.49. The predicted molar refractivity (Wildman–Crippen MR) is 22.4 cm³/mol. The van der Waals surface area contributed by atoms with Gasteiger partial charge in [-0.3, -0.25) is 0 Å². The van der Waals surface area contributed by atoms with Gasteiger partial charge in [0.05, 0.1) is 0 Å². The molecule has 0 aromatic carbocycles. The van der Waals surface area contributed by atoms with Gasteiger partial charge >= 0.3 is 23.1 Å². The van der Waals surface area contributed by atoms with Crippen LogP contribution >= 0.6 is 0 Å². The van der Waals surface area contributed by atoms with E-state index >= 15 is 0 Å². The minimum atomic E-state index is -4.94. The van der Waals surface area contributed by atoms with Crippen molar-refractivity contribution in [2.75, 3.05) is 0 Å². The van der Waals surface area contributed by atoms with E-state index in [-0.39, 0.29) is 55.9 Å². The first-order valence-electron chi connectivity index (χ1n) is 1.23. The molecule has 0 aromatic rings. The largest absolute Gasteiger partial charge is 2.00 e. The summed E-state index contributed by atoms with van der Waals surface area (Å²) >= 11 is 0. The molecule has 17 heavy (non-hydrogen) atoms. The van der Waals surface area contributed by atoms with Crippen molar-refractivity contribution in [2.45, 2.75) is 0 Å². The van der Waals surface area contributed by atoms with Gasteiger partial charge in [-0.1, -0.05) is 0 Å². The van der Waals surface area contributed by atoms with Crippen molar-refractivity contribution in [2.24, 2.45) is 0 Å². The van der Waals surface area contributed by atoms with Crippen LogP contribution in [0.25, 0.3) is 0 Å². The Bertz CT molecular complexity index is 57.2. The van der Waals surface area contributed by atoms with E-state index in [1.807, 2.05) is 0 Å². The molecule has 17 heteroatoms. The van der Waals surface area contributed by atoms with E-state index in [9.17, 15) is 0 Å². The smallest absolute Gasteiger partial charge is 0.870 e. The molecule has 0 saturated heterocycles. The summed E-state index contributed by atoms with van der Waals surface area (Å²) in [5, 5.41) is 0. The van der Waals surface area contributed by atoms with E-state index in [4.69, 9.17) is 37.3 Å². The second-order valence-corrected chi connectivity index (χ2v) is 2.27. The van der Waals surface area contributed by atoms with Crippen LogP contribution in [0.5, 0.6) is 0 Å². The number of rotatable bonds is 0. The first-order valence-corrected chi connectivity index (χ1v) is 3.70. The molecule has 0 saturated carbocycles. The van der Waals surface area contributed by atoms with Crippen molar-refractivity contribution in [1.29, 1.82) is 0 Å². The summed E-state index contributed by atoms with van der Waals surface area (Å²) in [4.78, 5) is 0. The van der Waals surface area contributed by atoms with Crippen molar-refractivity contribution >= 4 is 23.1 Å². The van der Waals surface area contributed by atoms with Gasteiger partial charge in [0.2, 0.25) is 0 Å². The van der Waals surface area contributed by atoms with Crippen molar-refractivity contribution < 1.29 is 90.6 Å². The number of hydrogen-bond acceptors (Lipinski definition) is 11. The fraction of sp³-hybridized carbons (Fsp3) is 0. The van der Waals surface area contributed by atoms with Gasteiger partial charge in [0.1, 0.15) is 0 Å². The predicted octanol–water partition coefficient (Wildman–Crippen LogP) is -12.9. The molecule has 0 atom stereocenters. The zero-order valence-corrected chi connectivity index (χ0v) is 10.5. The van der Waals surface area contributed by atoms with Gasteiger partial charge in [-0.2, -0.15) is 0 Å². The minimum absolute atomic E-state index is 0. The SMILES string of the molecule is O.O.O.[Mg+2].[O-][Cl+3]([O-])([O-])[O-].[O-][Cl+3]([O-])([O-])[O-].[OH-].[OH-].[OH-]. The summed E-state index contributed by atoms with van der Waals surface area (Å²) in [6, 6.07) is 0. The molecule has 0 spiro atoms. The molecule has 0 amide bonds. The summed E-state index contributed by atoms with van der Waals surface area (Å²) in [6.07, 6.45) is 0. The fourth-order valence-corrected chi connectivity index (χ4v) is 0. The Balaban J connectivity index is -0.00000000762. The van der Waals surface area contributed by atoms with E-state index in [1.54, 1.807) is 0 Å². The van der Waals surface area contributed by atoms with E-state index in [1.165, 1.54) is 0 Å². The average molecular weight is 328 g/mol. The molecular weight excluding hydrogens is 319 g/mol. The Morgan fingerprint density at radius 1 is 0.412 bits per heavy atom. The Labute approximate surface area is 114 Å². The van der Waals surface area contributed by atoms with Crippen molar-refractivity contribution in [3.63, 3.8) is 0 Å². The quantitative estimate of drug-likeness (QED) is 0.375. The Hall–Kier alpha value is 0.786. The van der Waals surface area contributed by atoms with Crippen LogP contribution in [0.1, 0.15) is 0 Å². The van der Waals surface area contributed by atoms with Gasteiger partial charge in [-0.15, -0.1) is 20.5 Å². The molecule has 0 aliphatic rings. The van der Waals surface area contributed by atoms with Gasteiger partial charge in [-0.05, 0) is 0 Å². The zero-order chi connectivity index (χ0) is 9.00. The minimum Gasteiger partial charge on any atom is -0.870 e. The maximum absolute atomic E-state index is 8.49. The summed E-state index contributed by atoms with van der Waals surface area (Å²) in [7, 11) is -9.89. The van der Waals surface area contributed by atoms with Crippen molar-refractivity contribution in [3.05, 3.63) is 0 Å². The molecular formula is H9Cl2MgO14-3. The van der Waals surface area contributed by atoms with Crippen LogP contribution in [0.2, 0.25) is 0 Å². The van der Waals surface area contributed by atoms with E-state index in [2.05, 4.69) is 0 Å². The van der Waals surface area contributed by atoms with Gasteiger partial charge < -0.3 is 32.9 Å². The zero-order valence-electron chi connectivity index (χ0n) is 7.57. The first-order chi connectivity index (χ1) is 4.00. The topological polar surface area (TPSA) is 369 Å². The fourth-order valence-electron chi connectivity index (χ4n) is 0. The van der Waals surface area contributed by atoms with Gasteiger partial charge in [0.25, 0.3) is 0 Å². The van der Waals surface area contributed by atoms with E-state index in [0.29, 0.717) is 0 Å². The summed E-state index contributed by atoms with van der Waals surface area (Å²) in [5.74, 6) is 0. The van der Waals surface area contributed by atoms with Crippen LogP contribution < -0.4 is 37.3 Å². The summed E-state index contributed by atoms with van der Waals surface area (Å²) in [5.41, 5.74) is 0. The van der Waals surface area contributed by atoms with Gasteiger partial charge in [0.15, 0.2) is 0 Å². The van der Waals surface area contributed by atoms with Gasteiger partial charge in [0, 0.05) is 0 Å². The van der Waals surface area contributed by atoms with Crippen LogP contribution in [-0.4, -0.2) is 55.9 Å². The third kappa shape index (κ3) is 5940. The monoisotopic (exact) mass is 327 g/mol. The van der Waals surface area contributed by atoms with E-state index < -0.39 is 20.5 Å². The Kier molecular flexibility index (Phi) is 97.7. The number of hydrogen-bond donors (Lipinski definition) is 0. The third-order valence-corrected chi connectivity index (χ3v) is 0. The molecule has 0 rings (SSSR count). The molecule has 112 valence electrons. The average Bonchev–Trinajstić information content (AvgIpc) is 1.12. The van der Waals surface area contributed by atoms with E-state index in [0.717, 1.165) is 0 Å². The second kappa shape index (κ2) is 25.6. The molecule has 0 bridgehead atoms. The molecule has 0 unspecified atom stereocenters. The van der Waals surface area contributed by atoms with Crippen molar-refractivity contribution in [1.82, 2.24) is 0 Å². The van der Waals surface area contributed by atoms with Gasteiger partial charge in [-0.25, -0.2) is 37.3 Å². The third-order valence-electron chi connectivity index (χ3n) is 0. The van der Waals surface area contributed by atoms with Crippen LogP contribution in [0.4, 0.5) is 0 Å². The van der Waals surface area contributed by atoms with Crippen LogP contribution in [0, 0.1) is 20.5 Å². The standard InChI is InChI=1S/2ClHO4.Mg.6H2O/c2*2-1(3,4)5;;;;;;;/h2*(H,2,3,4,5);;6*1H2/q;;+2;;;;;;/p-5. The molecule has 0 heterocycles. The molecule has 0 fully saturated rings. The van der Waals surface area contributed by atoms with Crippen LogP contribution in [0.3, 0.4) is 0 Å². The molecule has 0 aromatic heterocycles. The molecule has 0 aliphatic heterocycles. The Morgan fingerprint density at radius 2 is 0.412 bits per heavy atom. The molecule has 9 N–H and O–H groups in total. The Morgan fingerprint density at radius 3 is 0.412 bits per heavy atom. The summed E-state index contributed by atoms with van der Waals surface area (Å²) in [6.45, 7) is 0. The number of halogens is 2.